The van der Waals surface area contributed by atoms with E-state index in [9.17, 15) is 19.2 Å². The molecular formula is C16H17N3O5. The van der Waals surface area contributed by atoms with Crippen LogP contribution in [0.4, 0.5) is 4.79 Å². The molecule has 126 valence electrons. The Labute approximate surface area is 138 Å². The van der Waals surface area contributed by atoms with E-state index < -0.39 is 18.0 Å². The Morgan fingerprint density at radius 1 is 1.38 bits per heavy atom. The molecule has 2 aliphatic heterocycles. The van der Waals surface area contributed by atoms with Crippen molar-refractivity contribution >= 4 is 23.8 Å². The minimum atomic E-state index is -0.631. The number of hydrogen-bond donors (Lipinski definition) is 2. The number of rotatable bonds is 3. The predicted octanol–water partition coefficient (Wildman–Crippen LogP) is 0.304. The van der Waals surface area contributed by atoms with Crippen LogP contribution in [0.1, 0.15) is 34.3 Å². The van der Waals surface area contributed by atoms with E-state index in [2.05, 4.69) is 10.6 Å². The van der Waals surface area contributed by atoms with Gasteiger partial charge in [-0.3, -0.25) is 19.7 Å². The normalized spacial score (nSPS) is 19.8. The maximum atomic E-state index is 12.6. The maximum absolute atomic E-state index is 12.6. The third-order valence-corrected chi connectivity index (χ3v) is 4.17. The molecule has 2 aliphatic rings. The Kier molecular flexibility index (Phi) is 4.20. The molecule has 1 fully saturated rings. The molecule has 1 unspecified atom stereocenters. The van der Waals surface area contributed by atoms with Gasteiger partial charge in [-0.05, 0) is 23.6 Å². The molecule has 8 nitrogen and oxygen atoms in total. The van der Waals surface area contributed by atoms with Crippen LogP contribution >= 0.6 is 0 Å². The van der Waals surface area contributed by atoms with Crippen LogP contribution < -0.4 is 10.6 Å². The monoisotopic (exact) mass is 331 g/mol. The van der Waals surface area contributed by atoms with Crippen molar-refractivity contribution in [3.05, 3.63) is 34.9 Å². The van der Waals surface area contributed by atoms with Gasteiger partial charge >= 0.3 is 6.09 Å². The summed E-state index contributed by atoms with van der Waals surface area (Å²) in [6.45, 7) is 0.385. The summed E-state index contributed by atoms with van der Waals surface area (Å²) >= 11 is 0. The highest BCUT2D eigenvalue weighted by Crippen LogP contribution is 2.28. The largest absolute Gasteiger partial charge is 0.445 e. The first-order chi connectivity index (χ1) is 11.5. The zero-order valence-corrected chi connectivity index (χ0v) is 13.1. The van der Waals surface area contributed by atoms with Gasteiger partial charge in [0.05, 0.1) is 0 Å². The van der Waals surface area contributed by atoms with E-state index in [1.807, 2.05) is 0 Å². The van der Waals surface area contributed by atoms with Crippen molar-refractivity contribution in [3.8, 4) is 0 Å². The summed E-state index contributed by atoms with van der Waals surface area (Å²) in [5.41, 5.74) is 2.00. The van der Waals surface area contributed by atoms with Crippen molar-refractivity contribution in [1.82, 2.24) is 15.5 Å². The van der Waals surface area contributed by atoms with Crippen LogP contribution in [0.3, 0.4) is 0 Å². The Hall–Kier alpha value is -2.90. The molecule has 4 amide bonds. The van der Waals surface area contributed by atoms with Gasteiger partial charge in [-0.1, -0.05) is 12.1 Å². The zero-order valence-electron chi connectivity index (χ0n) is 13.1. The number of alkyl carbamates (subject to hydrolysis) is 1. The van der Waals surface area contributed by atoms with Gasteiger partial charge in [-0.15, -0.1) is 0 Å². The molecule has 2 heterocycles. The smallest absolute Gasteiger partial charge is 0.407 e. The lowest BCUT2D eigenvalue weighted by molar-refractivity contribution is -0.136. The van der Waals surface area contributed by atoms with Gasteiger partial charge in [0, 0.05) is 25.6 Å². The summed E-state index contributed by atoms with van der Waals surface area (Å²) in [6.07, 6.45) is 0.00527. The van der Waals surface area contributed by atoms with E-state index in [4.69, 9.17) is 4.74 Å². The molecule has 1 aromatic rings. The summed E-state index contributed by atoms with van der Waals surface area (Å²) in [4.78, 5) is 48.4. The van der Waals surface area contributed by atoms with Crippen molar-refractivity contribution < 1.29 is 23.9 Å². The number of carbonyl (C=O) groups is 4. The van der Waals surface area contributed by atoms with E-state index in [1.165, 1.54) is 11.9 Å². The first kappa shape index (κ1) is 16.0. The summed E-state index contributed by atoms with van der Waals surface area (Å²) in [5.74, 6) is -0.995. The van der Waals surface area contributed by atoms with Gasteiger partial charge in [0.2, 0.25) is 11.8 Å². The topological polar surface area (TPSA) is 105 Å². The lowest BCUT2D eigenvalue weighted by atomic mass is 10.0. The predicted molar refractivity (Wildman–Crippen MR) is 81.7 cm³/mol. The van der Waals surface area contributed by atoms with E-state index >= 15 is 0 Å². The molecule has 0 aromatic heterocycles. The summed E-state index contributed by atoms with van der Waals surface area (Å²) in [5, 5.41) is 4.61. The molecule has 0 saturated carbocycles. The summed E-state index contributed by atoms with van der Waals surface area (Å²) in [6, 6.07) is 4.62. The first-order valence-corrected chi connectivity index (χ1v) is 7.60. The van der Waals surface area contributed by atoms with Crippen LogP contribution in [0.15, 0.2) is 18.2 Å². The van der Waals surface area contributed by atoms with Gasteiger partial charge in [0.15, 0.2) is 0 Å². The quantitative estimate of drug-likeness (QED) is 0.775. The van der Waals surface area contributed by atoms with Crippen LogP contribution in [0.2, 0.25) is 0 Å². The molecule has 0 bridgehead atoms. The number of nitrogens with one attached hydrogen (secondary N) is 2. The Morgan fingerprint density at radius 2 is 2.17 bits per heavy atom. The van der Waals surface area contributed by atoms with Gasteiger partial charge in [-0.25, -0.2) is 4.79 Å². The number of imide groups is 1. The fourth-order valence-electron chi connectivity index (χ4n) is 2.91. The Bertz CT molecular complexity index is 730. The van der Waals surface area contributed by atoms with Crippen LogP contribution in [-0.4, -0.2) is 41.8 Å². The first-order valence-electron chi connectivity index (χ1n) is 7.60. The fraction of sp³-hybridized carbons (Fsp3) is 0.375. The van der Waals surface area contributed by atoms with Crippen molar-refractivity contribution in [3.63, 3.8) is 0 Å². The second-order valence-electron chi connectivity index (χ2n) is 5.72. The number of nitrogens with zero attached hydrogens (tertiary/aromatic N) is 1. The lowest BCUT2D eigenvalue weighted by Gasteiger charge is -2.29. The molecule has 0 aliphatic carbocycles. The molecule has 3 rings (SSSR count). The number of ether oxygens (including phenoxy) is 1. The molecule has 1 saturated heterocycles. The number of fused-ring (bicyclic) bond motifs is 1. The average molecular weight is 331 g/mol. The van der Waals surface area contributed by atoms with Crippen molar-refractivity contribution in [2.75, 3.05) is 7.05 Å². The van der Waals surface area contributed by atoms with Crippen molar-refractivity contribution in [1.29, 1.82) is 0 Å². The fourth-order valence-corrected chi connectivity index (χ4v) is 2.91. The molecule has 2 N–H and O–H groups in total. The third-order valence-electron chi connectivity index (χ3n) is 4.17. The average Bonchev–Trinajstić information content (AvgIpc) is 2.89. The van der Waals surface area contributed by atoms with E-state index in [0.29, 0.717) is 24.1 Å². The lowest BCUT2D eigenvalue weighted by Crippen LogP contribution is -2.52. The van der Waals surface area contributed by atoms with E-state index in [1.54, 1.807) is 18.2 Å². The molecule has 0 radical (unpaired) electrons. The van der Waals surface area contributed by atoms with Gasteiger partial charge in [0.1, 0.15) is 12.6 Å². The van der Waals surface area contributed by atoms with Crippen LogP contribution in [0.5, 0.6) is 0 Å². The molecule has 0 spiro atoms. The van der Waals surface area contributed by atoms with E-state index in [0.717, 1.165) is 5.56 Å². The van der Waals surface area contributed by atoms with Gasteiger partial charge in [0.25, 0.3) is 5.91 Å². The number of piperidine rings is 1. The zero-order chi connectivity index (χ0) is 17.3. The number of carbonyl (C=O) groups excluding carboxylic acids is 4. The summed E-state index contributed by atoms with van der Waals surface area (Å²) in [7, 11) is 1.46. The van der Waals surface area contributed by atoms with Crippen molar-refractivity contribution in [2.24, 2.45) is 0 Å². The number of amides is 4. The highest BCUT2D eigenvalue weighted by atomic mass is 16.5. The number of hydrogen-bond acceptors (Lipinski definition) is 5. The van der Waals surface area contributed by atoms with Crippen LogP contribution in [0.25, 0.3) is 0 Å². The molecular weight excluding hydrogens is 314 g/mol. The molecule has 1 atom stereocenters. The highest BCUT2D eigenvalue weighted by molar-refractivity contribution is 6.05. The third kappa shape index (κ3) is 2.94. The minimum absolute atomic E-state index is 0.0542. The van der Waals surface area contributed by atoms with Crippen LogP contribution in [0, 0.1) is 0 Å². The molecule has 24 heavy (non-hydrogen) atoms. The molecule has 1 aromatic carbocycles. The van der Waals surface area contributed by atoms with Gasteiger partial charge < -0.3 is 15.0 Å². The highest BCUT2D eigenvalue weighted by Gasteiger charge is 2.39. The van der Waals surface area contributed by atoms with E-state index in [-0.39, 0.29) is 24.8 Å². The Balaban J connectivity index is 1.74. The maximum Gasteiger partial charge on any atom is 0.407 e. The molecule has 8 heteroatoms. The number of benzene rings is 1. The second kappa shape index (κ2) is 6.31. The van der Waals surface area contributed by atoms with Crippen LogP contribution in [-0.2, 0) is 27.5 Å². The van der Waals surface area contributed by atoms with Crippen molar-refractivity contribution in [2.45, 2.75) is 32.0 Å². The van der Waals surface area contributed by atoms with Gasteiger partial charge in [-0.2, -0.15) is 0 Å². The SMILES string of the molecule is CNC(=O)OCc1ccc2c(c1)C(=O)N(C1CCC(=O)NC1=O)C2. The summed E-state index contributed by atoms with van der Waals surface area (Å²) < 4.78 is 4.97. The second-order valence-corrected chi connectivity index (χ2v) is 5.72. The minimum Gasteiger partial charge on any atom is -0.445 e. The standard InChI is InChI=1S/C16H17N3O5/c1-17-16(23)24-8-9-2-3-10-7-19(15(22)11(10)6-9)12-4-5-13(20)18-14(12)21/h2-3,6,12H,4-5,7-8H2,1H3,(H,17,23)(H,18,20,21). The Morgan fingerprint density at radius 3 is 2.88 bits per heavy atom.